The molecule has 0 spiro atoms. The SMILES string of the molecule is N#Cc1ccc(-c2ccc3c(NC(=O)c4c(F)ccc(F)c4F)n[nH]c3c2)cc1. The number of H-pyrrole nitrogens is 1. The van der Waals surface area contributed by atoms with Crippen molar-refractivity contribution in [1.82, 2.24) is 10.2 Å². The summed E-state index contributed by atoms with van der Waals surface area (Å²) in [6, 6.07) is 15.6. The normalized spacial score (nSPS) is 10.7. The summed E-state index contributed by atoms with van der Waals surface area (Å²) in [5.74, 6) is -5.16. The van der Waals surface area contributed by atoms with E-state index >= 15 is 0 Å². The monoisotopic (exact) mass is 392 g/mol. The van der Waals surface area contributed by atoms with Gasteiger partial charge in [0.15, 0.2) is 17.5 Å². The number of hydrogen-bond acceptors (Lipinski definition) is 3. The summed E-state index contributed by atoms with van der Waals surface area (Å²) >= 11 is 0. The number of fused-ring (bicyclic) bond motifs is 1. The number of rotatable bonds is 3. The molecule has 0 saturated heterocycles. The van der Waals surface area contributed by atoms with Crippen molar-refractivity contribution in [3.8, 4) is 17.2 Å². The van der Waals surface area contributed by atoms with Crippen molar-refractivity contribution in [1.29, 1.82) is 5.26 Å². The van der Waals surface area contributed by atoms with Gasteiger partial charge in [-0.1, -0.05) is 18.2 Å². The Morgan fingerprint density at radius 1 is 0.966 bits per heavy atom. The maximum atomic E-state index is 13.8. The van der Waals surface area contributed by atoms with Crippen LogP contribution < -0.4 is 5.32 Å². The van der Waals surface area contributed by atoms with Crippen LogP contribution in [-0.2, 0) is 0 Å². The van der Waals surface area contributed by atoms with Gasteiger partial charge in [0.05, 0.1) is 17.1 Å². The van der Waals surface area contributed by atoms with E-state index < -0.39 is 28.9 Å². The highest BCUT2D eigenvalue weighted by atomic mass is 19.2. The number of nitriles is 1. The number of halogens is 3. The predicted octanol–water partition coefficient (Wildman–Crippen LogP) is 4.77. The molecule has 0 aliphatic rings. The Morgan fingerprint density at radius 2 is 1.66 bits per heavy atom. The van der Waals surface area contributed by atoms with E-state index in [4.69, 9.17) is 5.26 Å². The molecule has 2 N–H and O–H groups in total. The summed E-state index contributed by atoms with van der Waals surface area (Å²) in [4.78, 5) is 12.3. The molecule has 1 amide bonds. The fourth-order valence-electron chi connectivity index (χ4n) is 2.94. The number of carbonyl (C=O) groups excluding carboxylic acids is 1. The first kappa shape index (κ1) is 18.3. The first-order chi connectivity index (χ1) is 14.0. The maximum absolute atomic E-state index is 13.8. The fourth-order valence-corrected chi connectivity index (χ4v) is 2.94. The molecule has 142 valence electrons. The average Bonchev–Trinajstić information content (AvgIpc) is 3.13. The second-order valence-electron chi connectivity index (χ2n) is 6.19. The number of hydrogen-bond donors (Lipinski definition) is 2. The molecule has 4 aromatic rings. The third-order valence-corrected chi connectivity index (χ3v) is 4.41. The largest absolute Gasteiger partial charge is 0.304 e. The van der Waals surface area contributed by atoms with Crippen LogP contribution in [0.4, 0.5) is 19.0 Å². The van der Waals surface area contributed by atoms with Gasteiger partial charge in [-0.3, -0.25) is 9.89 Å². The van der Waals surface area contributed by atoms with Crippen molar-refractivity contribution >= 4 is 22.6 Å². The molecule has 0 fully saturated rings. The number of anilines is 1. The third kappa shape index (κ3) is 3.30. The van der Waals surface area contributed by atoms with Crippen molar-refractivity contribution in [3.05, 3.63) is 83.2 Å². The minimum atomic E-state index is -1.56. The zero-order valence-corrected chi connectivity index (χ0v) is 14.6. The molecular weight excluding hydrogens is 381 g/mol. The lowest BCUT2D eigenvalue weighted by Crippen LogP contribution is -2.17. The van der Waals surface area contributed by atoms with E-state index in [0.717, 1.165) is 11.1 Å². The first-order valence-corrected chi connectivity index (χ1v) is 8.41. The number of aromatic nitrogens is 2. The van der Waals surface area contributed by atoms with Crippen molar-refractivity contribution in [2.75, 3.05) is 5.32 Å². The Labute approximate surface area is 162 Å². The lowest BCUT2D eigenvalue weighted by Gasteiger charge is -2.06. The van der Waals surface area contributed by atoms with Gasteiger partial charge in [-0.2, -0.15) is 10.4 Å². The maximum Gasteiger partial charge on any atom is 0.262 e. The van der Waals surface area contributed by atoms with Crippen LogP contribution in [0.1, 0.15) is 15.9 Å². The Morgan fingerprint density at radius 3 is 2.38 bits per heavy atom. The molecule has 3 aromatic carbocycles. The molecule has 0 saturated carbocycles. The molecule has 5 nitrogen and oxygen atoms in total. The second-order valence-corrected chi connectivity index (χ2v) is 6.19. The second kappa shape index (κ2) is 7.13. The summed E-state index contributed by atoms with van der Waals surface area (Å²) < 4.78 is 41.0. The number of carbonyl (C=O) groups is 1. The van der Waals surface area contributed by atoms with Crippen LogP contribution in [0.5, 0.6) is 0 Å². The Balaban J connectivity index is 1.65. The van der Waals surface area contributed by atoms with Gasteiger partial charge in [0.1, 0.15) is 11.4 Å². The van der Waals surface area contributed by atoms with Gasteiger partial charge in [0, 0.05) is 5.39 Å². The van der Waals surface area contributed by atoms with Gasteiger partial charge < -0.3 is 5.32 Å². The highest BCUT2D eigenvalue weighted by Gasteiger charge is 2.22. The van der Waals surface area contributed by atoms with E-state index in [0.29, 0.717) is 28.6 Å². The summed E-state index contributed by atoms with van der Waals surface area (Å²) in [7, 11) is 0. The fraction of sp³-hybridized carbons (Fsp3) is 0. The van der Waals surface area contributed by atoms with Gasteiger partial charge >= 0.3 is 0 Å². The van der Waals surface area contributed by atoms with E-state index in [1.54, 1.807) is 42.5 Å². The number of aromatic amines is 1. The summed E-state index contributed by atoms with van der Waals surface area (Å²) in [5.41, 5.74) is 1.80. The molecule has 0 atom stereocenters. The molecule has 4 rings (SSSR count). The van der Waals surface area contributed by atoms with E-state index in [1.807, 2.05) is 6.07 Å². The van der Waals surface area contributed by atoms with E-state index in [-0.39, 0.29) is 5.82 Å². The highest BCUT2D eigenvalue weighted by Crippen LogP contribution is 2.28. The van der Waals surface area contributed by atoms with Crippen LogP contribution in [-0.4, -0.2) is 16.1 Å². The Hall–Kier alpha value is -4.12. The molecule has 8 heteroatoms. The molecule has 0 unspecified atom stereocenters. The molecule has 29 heavy (non-hydrogen) atoms. The van der Waals surface area contributed by atoms with Gasteiger partial charge in [0.2, 0.25) is 0 Å². The number of amides is 1. The van der Waals surface area contributed by atoms with E-state index in [2.05, 4.69) is 15.5 Å². The molecule has 1 heterocycles. The van der Waals surface area contributed by atoms with Crippen LogP contribution in [0.25, 0.3) is 22.0 Å². The standard InChI is InChI=1S/C21H11F3N4O/c22-15-7-8-16(23)19(24)18(15)21(29)26-20-14-6-5-13(9-17(14)27-28-20)12-3-1-11(10-25)2-4-12/h1-9H,(H2,26,27,28,29). The topological polar surface area (TPSA) is 81.6 Å². The molecular formula is C21H11F3N4O. The summed E-state index contributed by atoms with van der Waals surface area (Å²) in [6.07, 6.45) is 0. The summed E-state index contributed by atoms with van der Waals surface area (Å²) in [5, 5.41) is 18.4. The van der Waals surface area contributed by atoms with Gasteiger partial charge in [-0.05, 0) is 47.5 Å². The Bertz CT molecular complexity index is 1290. The average molecular weight is 392 g/mol. The quantitative estimate of drug-likeness (QED) is 0.493. The van der Waals surface area contributed by atoms with Crippen molar-refractivity contribution in [3.63, 3.8) is 0 Å². The molecule has 0 aliphatic carbocycles. The molecule has 0 aliphatic heterocycles. The van der Waals surface area contributed by atoms with E-state index in [9.17, 15) is 18.0 Å². The lowest BCUT2D eigenvalue weighted by atomic mass is 10.0. The van der Waals surface area contributed by atoms with Gasteiger partial charge in [-0.25, -0.2) is 13.2 Å². The van der Waals surface area contributed by atoms with Crippen molar-refractivity contribution < 1.29 is 18.0 Å². The molecule has 1 aromatic heterocycles. The zero-order chi connectivity index (χ0) is 20.5. The van der Waals surface area contributed by atoms with Gasteiger partial charge in [-0.15, -0.1) is 0 Å². The van der Waals surface area contributed by atoms with Gasteiger partial charge in [0.25, 0.3) is 5.91 Å². The smallest absolute Gasteiger partial charge is 0.262 e. The number of benzene rings is 3. The molecule has 0 bridgehead atoms. The highest BCUT2D eigenvalue weighted by molar-refractivity contribution is 6.08. The van der Waals surface area contributed by atoms with Crippen LogP contribution in [0.3, 0.4) is 0 Å². The van der Waals surface area contributed by atoms with Crippen LogP contribution >= 0.6 is 0 Å². The predicted molar refractivity (Wildman–Crippen MR) is 101 cm³/mol. The minimum absolute atomic E-state index is 0.0550. The first-order valence-electron chi connectivity index (χ1n) is 8.41. The van der Waals surface area contributed by atoms with Crippen LogP contribution in [0.2, 0.25) is 0 Å². The zero-order valence-electron chi connectivity index (χ0n) is 14.6. The minimum Gasteiger partial charge on any atom is -0.304 e. The number of nitrogens with zero attached hydrogens (tertiary/aromatic N) is 2. The summed E-state index contributed by atoms with van der Waals surface area (Å²) in [6.45, 7) is 0. The lowest BCUT2D eigenvalue weighted by molar-refractivity contribution is 0.101. The van der Waals surface area contributed by atoms with Crippen molar-refractivity contribution in [2.24, 2.45) is 0 Å². The van der Waals surface area contributed by atoms with E-state index in [1.165, 1.54) is 0 Å². The molecule has 0 radical (unpaired) electrons. The Kier molecular flexibility index (Phi) is 4.49. The third-order valence-electron chi connectivity index (χ3n) is 4.41. The number of nitrogens with one attached hydrogen (secondary N) is 2. The van der Waals surface area contributed by atoms with Crippen LogP contribution in [0, 0.1) is 28.8 Å². The van der Waals surface area contributed by atoms with Crippen LogP contribution in [0.15, 0.2) is 54.6 Å². The van der Waals surface area contributed by atoms with Crippen molar-refractivity contribution in [2.45, 2.75) is 0 Å².